The first-order valence-corrected chi connectivity index (χ1v) is 9.67. The molecule has 0 amide bonds. The van der Waals surface area contributed by atoms with Crippen LogP contribution >= 0.6 is 0 Å². The lowest BCUT2D eigenvalue weighted by molar-refractivity contribution is -0.151. The highest BCUT2D eigenvalue weighted by molar-refractivity contribution is 5.84. The van der Waals surface area contributed by atoms with Gasteiger partial charge in [0.15, 0.2) is 0 Å². The van der Waals surface area contributed by atoms with E-state index >= 15 is 0 Å². The van der Waals surface area contributed by atoms with Crippen molar-refractivity contribution < 1.29 is 14.3 Å². The second-order valence-corrected chi connectivity index (χ2v) is 8.22. The predicted molar refractivity (Wildman–Crippen MR) is 100.0 cm³/mol. The van der Waals surface area contributed by atoms with Crippen LogP contribution in [0.5, 0.6) is 5.75 Å². The number of hydrogen-bond acceptors (Lipinski definition) is 4. The van der Waals surface area contributed by atoms with E-state index in [-0.39, 0.29) is 11.9 Å². The smallest absolute Gasteiger partial charge is 0.311 e. The molecule has 0 aromatic heterocycles. The molecule has 3 fully saturated rings. The van der Waals surface area contributed by atoms with E-state index in [9.17, 15) is 4.79 Å². The average molecular weight is 351 g/mol. The highest BCUT2D eigenvalue weighted by Gasteiger charge is 2.46. The van der Waals surface area contributed by atoms with Gasteiger partial charge in [-0.15, -0.1) is 0 Å². The molecule has 4 nitrogen and oxygen atoms in total. The number of likely N-dealkylation sites (tertiary alicyclic amines) is 1. The molecule has 3 aliphatic rings. The predicted octanol–water partition coefficient (Wildman–Crippen LogP) is 3.62. The van der Waals surface area contributed by atoms with Crippen molar-refractivity contribution in [3.63, 3.8) is 0 Å². The molecule has 5 rings (SSSR count). The van der Waals surface area contributed by atoms with Gasteiger partial charge in [-0.2, -0.15) is 0 Å². The van der Waals surface area contributed by atoms with Gasteiger partial charge in [-0.25, -0.2) is 0 Å². The van der Waals surface area contributed by atoms with E-state index in [1.165, 1.54) is 42.7 Å². The fourth-order valence-electron chi connectivity index (χ4n) is 4.67. The first-order valence-electron chi connectivity index (χ1n) is 9.67. The second-order valence-electron chi connectivity index (χ2n) is 8.22. The van der Waals surface area contributed by atoms with Crippen molar-refractivity contribution in [3.05, 3.63) is 42.0 Å². The Morgan fingerprint density at radius 2 is 1.77 bits per heavy atom. The Morgan fingerprint density at radius 3 is 2.54 bits per heavy atom. The molecule has 2 aliphatic carbocycles. The van der Waals surface area contributed by atoms with Crippen molar-refractivity contribution in [2.24, 2.45) is 17.8 Å². The monoisotopic (exact) mass is 351 g/mol. The molecule has 0 N–H and O–H groups in total. The number of hydrogen-bond donors (Lipinski definition) is 0. The molecule has 136 valence electrons. The van der Waals surface area contributed by atoms with Crippen molar-refractivity contribution in [1.82, 2.24) is 4.90 Å². The SMILES string of the molecule is COC(=O)C1CN(Cc2ccc3cc(OC4C[C@@H]5C[C@@H]5C4)ccc3c2)C1. The maximum absolute atomic E-state index is 11.5. The third kappa shape index (κ3) is 3.07. The zero-order chi connectivity index (χ0) is 17.7. The summed E-state index contributed by atoms with van der Waals surface area (Å²) in [6.07, 6.45) is 4.33. The second kappa shape index (κ2) is 6.27. The minimum Gasteiger partial charge on any atom is -0.490 e. The molecule has 0 spiro atoms. The van der Waals surface area contributed by atoms with E-state index in [4.69, 9.17) is 9.47 Å². The summed E-state index contributed by atoms with van der Waals surface area (Å²) in [4.78, 5) is 13.8. The third-order valence-electron chi connectivity index (χ3n) is 6.28. The highest BCUT2D eigenvalue weighted by Crippen LogP contribution is 2.52. The number of rotatable bonds is 5. The number of methoxy groups -OCH3 is 1. The quantitative estimate of drug-likeness (QED) is 0.771. The van der Waals surface area contributed by atoms with Gasteiger partial charge >= 0.3 is 5.97 Å². The van der Waals surface area contributed by atoms with Crippen molar-refractivity contribution in [1.29, 1.82) is 0 Å². The van der Waals surface area contributed by atoms with Gasteiger partial charge in [0.2, 0.25) is 0 Å². The van der Waals surface area contributed by atoms with Crippen LogP contribution in [0.1, 0.15) is 24.8 Å². The van der Waals surface area contributed by atoms with E-state index in [2.05, 4.69) is 41.3 Å². The molecule has 3 atom stereocenters. The summed E-state index contributed by atoms with van der Waals surface area (Å²) in [6.45, 7) is 2.47. The first kappa shape index (κ1) is 16.1. The summed E-state index contributed by atoms with van der Waals surface area (Å²) < 4.78 is 11.0. The topological polar surface area (TPSA) is 38.8 Å². The van der Waals surface area contributed by atoms with Crippen LogP contribution < -0.4 is 4.74 Å². The summed E-state index contributed by atoms with van der Waals surface area (Å²) in [5.41, 5.74) is 1.28. The molecule has 1 saturated heterocycles. The lowest BCUT2D eigenvalue weighted by Crippen LogP contribution is -2.49. The molecular weight excluding hydrogens is 326 g/mol. The minimum atomic E-state index is -0.0909. The van der Waals surface area contributed by atoms with Gasteiger partial charge in [0.05, 0.1) is 19.1 Å². The molecule has 2 aromatic carbocycles. The lowest BCUT2D eigenvalue weighted by atomic mass is 9.99. The molecule has 1 heterocycles. The van der Waals surface area contributed by atoms with Crippen molar-refractivity contribution in [2.45, 2.75) is 31.9 Å². The Labute approximate surface area is 154 Å². The number of benzene rings is 2. The third-order valence-corrected chi connectivity index (χ3v) is 6.28. The van der Waals surface area contributed by atoms with E-state index in [1.54, 1.807) is 0 Å². The van der Waals surface area contributed by atoms with Crippen LogP contribution in [0.4, 0.5) is 0 Å². The van der Waals surface area contributed by atoms with Crippen molar-refractivity contribution >= 4 is 16.7 Å². The summed E-state index contributed by atoms with van der Waals surface area (Å²) in [6, 6.07) is 13.0. The average Bonchev–Trinajstić information content (AvgIpc) is 3.23. The van der Waals surface area contributed by atoms with Gasteiger partial charge in [-0.1, -0.05) is 18.2 Å². The minimum absolute atomic E-state index is 0.0433. The zero-order valence-electron chi connectivity index (χ0n) is 15.2. The van der Waals surface area contributed by atoms with Gasteiger partial charge < -0.3 is 9.47 Å². The lowest BCUT2D eigenvalue weighted by Gasteiger charge is -2.37. The molecular formula is C22H25NO3. The molecule has 4 heteroatoms. The van der Waals surface area contributed by atoms with Gasteiger partial charge in [0.25, 0.3) is 0 Å². The van der Waals surface area contributed by atoms with Gasteiger partial charge in [0, 0.05) is 19.6 Å². The van der Waals surface area contributed by atoms with E-state index in [1.807, 2.05) is 0 Å². The number of carbonyl (C=O) groups is 1. The van der Waals surface area contributed by atoms with Crippen LogP contribution in [0.25, 0.3) is 10.8 Å². The summed E-state index contributed by atoms with van der Waals surface area (Å²) in [5, 5.41) is 2.47. The van der Waals surface area contributed by atoms with Crippen LogP contribution in [0.3, 0.4) is 0 Å². The van der Waals surface area contributed by atoms with Crippen LogP contribution in [0, 0.1) is 17.8 Å². The Bertz CT molecular complexity index is 832. The Morgan fingerprint density at radius 1 is 1.04 bits per heavy atom. The number of esters is 1. The van der Waals surface area contributed by atoms with Crippen LogP contribution in [-0.2, 0) is 16.1 Å². The standard InChI is InChI=1S/C22H25NO3/c1-25-22(24)19-12-23(13-19)11-14-2-3-16-8-20(5-4-15(16)6-14)26-21-9-17-7-18(17)10-21/h2-6,8,17-19,21H,7,9-13H2,1H3/t17-,18+,21?. The first-order chi connectivity index (χ1) is 12.7. The van der Waals surface area contributed by atoms with Crippen LogP contribution in [-0.4, -0.2) is 37.2 Å². The van der Waals surface area contributed by atoms with Crippen molar-refractivity contribution in [3.8, 4) is 5.75 Å². The fraction of sp³-hybridized carbons (Fsp3) is 0.500. The molecule has 26 heavy (non-hydrogen) atoms. The molecule has 2 saturated carbocycles. The summed E-state index contributed by atoms with van der Waals surface area (Å²) in [7, 11) is 1.46. The largest absolute Gasteiger partial charge is 0.490 e. The highest BCUT2D eigenvalue weighted by atomic mass is 16.5. The van der Waals surface area contributed by atoms with Gasteiger partial charge in [-0.05, 0) is 65.6 Å². The summed E-state index contributed by atoms with van der Waals surface area (Å²) in [5.74, 6) is 2.85. The fourth-order valence-corrected chi connectivity index (χ4v) is 4.67. The maximum atomic E-state index is 11.5. The Balaban J connectivity index is 1.22. The van der Waals surface area contributed by atoms with E-state index < -0.39 is 0 Å². The van der Waals surface area contributed by atoms with Crippen LogP contribution in [0.2, 0.25) is 0 Å². The molecule has 0 bridgehead atoms. The van der Waals surface area contributed by atoms with Crippen LogP contribution in [0.15, 0.2) is 36.4 Å². The van der Waals surface area contributed by atoms with E-state index in [0.717, 1.165) is 37.2 Å². The maximum Gasteiger partial charge on any atom is 0.311 e. The van der Waals surface area contributed by atoms with Crippen molar-refractivity contribution in [2.75, 3.05) is 20.2 Å². The zero-order valence-corrected chi connectivity index (χ0v) is 15.2. The molecule has 0 radical (unpaired) electrons. The number of ether oxygens (including phenoxy) is 2. The van der Waals surface area contributed by atoms with E-state index in [0.29, 0.717) is 6.10 Å². The summed E-state index contributed by atoms with van der Waals surface area (Å²) >= 11 is 0. The number of fused-ring (bicyclic) bond motifs is 2. The number of carbonyl (C=O) groups excluding carboxylic acids is 1. The Hall–Kier alpha value is -2.07. The van der Waals surface area contributed by atoms with Gasteiger partial charge in [-0.3, -0.25) is 9.69 Å². The Kier molecular flexibility index (Phi) is 3.89. The normalized spacial score (nSPS) is 27.8. The number of nitrogens with zero attached hydrogens (tertiary/aromatic N) is 1. The molecule has 1 aliphatic heterocycles. The van der Waals surface area contributed by atoms with Gasteiger partial charge in [0.1, 0.15) is 5.75 Å². The molecule has 1 unspecified atom stereocenters. The molecule has 2 aromatic rings.